The van der Waals surface area contributed by atoms with Crippen LogP contribution < -0.4 is 15.0 Å². The molecule has 8 heteroatoms. The Kier molecular flexibility index (Phi) is 6.26. The molecule has 32 heavy (non-hydrogen) atoms. The first-order valence-corrected chi connectivity index (χ1v) is 10.4. The van der Waals surface area contributed by atoms with Crippen LogP contribution in [0.1, 0.15) is 37.0 Å². The number of benzene rings is 2. The number of para-hydroxylation sites is 1. The summed E-state index contributed by atoms with van der Waals surface area (Å²) in [5, 5.41) is 2.62. The summed E-state index contributed by atoms with van der Waals surface area (Å²) in [7, 11) is 1.26. The van der Waals surface area contributed by atoms with E-state index in [1.807, 2.05) is 39.0 Å². The summed E-state index contributed by atoms with van der Waals surface area (Å²) < 4.78 is 44.8. The zero-order valence-electron chi connectivity index (χ0n) is 18.8. The number of aryl methyl sites for hydroxylation is 2. The van der Waals surface area contributed by atoms with Gasteiger partial charge in [0.15, 0.2) is 0 Å². The monoisotopic (exact) mass is 448 g/mol. The van der Waals surface area contributed by atoms with Gasteiger partial charge in [0.2, 0.25) is 11.8 Å². The third-order valence-electron chi connectivity index (χ3n) is 6.43. The Bertz CT molecular complexity index is 1030. The Morgan fingerprint density at radius 3 is 2.38 bits per heavy atom. The molecule has 5 nitrogen and oxygen atoms in total. The number of methoxy groups -OCH3 is 1. The van der Waals surface area contributed by atoms with Crippen LogP contribution in [-0.2, 0) is 15.8 Å². The molecule has 2 atom stereocenters. The van der Waals surface area contributed by atoms with Crippen molar-refractivity contribution in [2.75, 3.05) is 23.9 Å². The average molecular weight is 448 g/mol. The van der Waals surface area contributed by atoms with Crippen LogP contribution in [0.5, 0.6) is 5.75 Å². The van der Waals surface area contributed by atoms with E-state index in [0.29, 0.717) is 6.42 Å². The van der Waals surface area contributed by atoms with Gasteiger partial charge < -0.3 is 15.0 Å². The van der Waals surface area contributed by atoms with Gasteiger partial charge in [-0.1, -0.05) is 32.0 Å². The van der Waals surface area contributed by atoms with Gasteiger partial charge in [0.25, 0.3) is 0 Å². The third kappa shape index (κ3) is 4.06. The first kappa shape index (κ1) is 23.6. The Morgan fingerprint density at radius 1 is 1.22 bits per heavy atom. The van der Waals surface area contributed by atoms with Crippen LogP contribution >= 0.6 is 0 Å². The molecule has 1 aliphatic heterocycles. The summed E-state index contributed by atoms with van der Waals surface area (Å²) in [6, 6.07) is 8.78. The first-order valence-electron chi connectivity index (χ1n) is 10.4. The van der Waals surface area contributed by atoms with Crippen molar-refractivity contribution in [2.45, 2.75) is 40.3 Å². The average Bonchev–Trinajstić information content (AvgIpc) is 2.98. The molecule has 3 rings (SSSR count). The number of nitrogens with zero attached hydrogens (tertiary/aromatic N) is 1. The minimum Gasteiger partial charge on any atom is -0.497 e. The van der Waals surface area contributed by atoms with Crippen molar-refractivity contribution in [3.63, 3.8) is 0 Å². The number of halogens is 3. The lowest BCUT2D eigenvalue weighted by Gasteiger charge is -2.30. The highest BCUT2D eigenvalue weighted by atomic mass is 19.4. The fourth-order valence-electron chi connectivity index (χ4n) is 4.44. The second-order valence-corrected chi connectivity index (χ2v) is 8.30. The Morgan fingerprint density at radius 2 is 1.84 bits per heavy atom. The Hall–Kier alpha value is -3.03. The number of rotatable bonds is 5. The van der Waals surface area contributed by atoms with Gasteiger partial charge in [-0.2, -0.15) is 13.2 Å². The molecule has 172 valence electrons. The maximum Gasteiger partial charge on any atom is 0.416 e. The summed E-state index contributed by atoms with van der Waals surface area (Å²) >= 11 is 0. The minimum atomic E-state index is -4.59. The second-order valence-electron chi connectivity index (χ2n) is 8.30. The van der Waals surface area contributed by atoms with E-state index in [9.17, 15) is 22.8 Å². The van der Waals surface area contributed by atoms with Crippen LogP contribution in [0.25, 0.3) is 0 Å². The van der Waals surface area contributed by atoms with Crippen molar-refractivity contribution < 1.29 is 27.5 Å². The molecule has 2 unspecified atom stereocenters. The highest BCUT2D eigenvalue weighted by Crippen LogP contribution is 2.44. The zero-order chi connectivity index (χ0) is 23.8. The molecule has 1 aliphatic rings. The molecular formula is C24H27F3N2O3. The van der Waals surface area contributed by atoms with Gasteiger partial charge in [-0.15, -0.1) is 0 Å². The van der Waals surface area contributed by atoms with E-state index in [1.165, 1.54) is 13.2 Å². The number of carbonyl (C=O) groups is 2. The normalized spacial score (nSPS) is 21.1. The number of amides is 2. The number of nitrogens with one attached hydrogen (secondary N) is 1. The molecule has 1 heterocycles. The molecule has 1 saturated heterocycles. The molecule has 0 saturated carbocycles. The van der Waals surface area contributed by atoms with Crippen LogP contribution in [0.15, 0.2) is 36.4 Å². The lowest BCUT2D eigenvalue weighted by atomic mass is 9.75. The third-order valence-corrected chi connectivity index (χ3v) is 6.43. The van der Waals surface area contributed by atoms with Crippen molar-refractivity contribution in [3.8, 4) is 5.75 Å². The van der Waals surface area contributed by atoms with Crippen molar-refractivity contribution in [1.82, 2.24) is 0 Å². The summed E-state index contributed by atoms with van der Waals surface area (Å²) in [5.41, 5.74) is 0.562. The standard InChI is InChI=1S/C24H27F3N2O3/c1-6-23(13-29(21(30)16(23)4)20-14(2)8-7-9-15(20)3)22(31)28-18-10-17(24(25,26)27)11-19(12-18)32-5/h7-12,16H,6,13H2,1-5H3,(H,28,31). The van der Waals surface area contributed by atoms with Crippen LogP contribution in [0.3, 0.4) is 0 Å². The van der Waals surface area contributed by atoms with Gasteiger partial charge in [-0.05, 0) is 43.5 Å². The van der Waals surface area contributed by atoms with E-state index in [2.05, 4.69) is 5.32 Å². The van der Waals surface area contributed by atoms with Gasteiger partial charge in [0.05, 0.1) is 24.0 Å². The predicted octanol–water partition coefficient (Wildman–Crippen LogP) is 5.35. The van der Waals surface area contributed by atoms with Crippen LogP contribution in [0.4, 0.5) is 24.5 Å². The number of hydrogen-bond acceptors (Lipinski definition) is 3. The van der Waals surface area contributed by atoms with E-state index in [-0.39, 0.29) is 23.9 Å². The van der Waals surface area contributed by atoms with Crippen LogP contribution in [0, 0.1) is 25.2 Å². The van der Waals surface area contributed by atoms with Gasteiger partial charge in [0.1, 0.15) is 5.75 Å². The number of ether oxygens (including phenoxy) is 1. The highest BCUT2D eigenvalue weighted by Gasteiger charge is 2.54. The Balaban J connectivity index is 1.97. The topological polar surface area (TPSA) is 58.6 Å². The molecule has 1 N–H and O–H groups in total. The number of carbonyl (C=O) groups excluding carboxylic acids is 2. The number of anilines is 2. The minimum absolute atomic E-state index is 0.0200. The van der Waals surface area contributed by atoms with Crippen molar-refractivity contribution in [1.29, 1.82) is 0 Å². The lowest BCUT2D eigenvalue weighted by Crippen LogP contribution is -2.42. The molecule has 2 aromatic carbocycles. The summed E-state index contributed by atoms with van der Waals surface area (Å²) in [6.45, 7) is 7.47. The summed E-state index contributed by atoms with van der Waals surface area (Å²) in [6.07, 6.45) is -4.24. The smallest absolute Gasteiger partial charge is 0.416 e. The SMILES string of the molecule is CCC1(C(=O)Nc2cc(OC)cc(C(F)(F)F)c2)CN(c2c(C)cccc2C)C(=O)C1C. The molecule has 2 amide bonds. The lowest BCUT2D eigenvalue weighted by molar-refractivity contribution is -0.137. The van der Waals surface area contributed by atoms with Crippen LogP contribution in [-0.4, -0.2) is 25.5 Å². The fourth-order valence-corrected chi connectivity index (χ4v) is 4.44. The Labute approximate surface area is 185 Å². The number of alkyl halides is 3. The van der Waals surface area contributed by atoms with Gasteiger partial charge in [-0.25, -0.2) is 0 Å². The summed E-state index contributed by atoms with van der Waals surface area (Å²) in [5.74, 6) is -1.33. The molecule has 0 bridgehead atoms. The number of hydrogen-bond donors (Lipinski definition) is 1. The molecular weight excluding hydrogens is 421 g/mol. The van der Waals surface area contributed by atoms with E-state index in [1.54, 1.807) is 11.8 Å². The van der Waals surface area contributed by atoms with Crippen molar-refractivity contribution in [2.24, 2.45) is 11.3 Å². The van der Waals surface area contributed by atoms with Crippen molar-refractivity contribution >= 4 is 23.2 Å². The molecule has 1 fully saturated rings. The van der Waals surface area contributed by atoms with E-state index >= 15 is 0 Å². The second kappa shape index (κ2) is 8.48. The largest absolute Gasteiger partial charge is 0.497 e. The first-order chi connectivity index (χ1) is 14.9. The van der Waals surface area contributed by atoms with E-state index in [0.717, 1.165) is 28.9 Å². The molecule has 0 aromatic heterocycles. The molecule has 2 aromatic rings. The van der Waals surface area contributed by atoms with Crippen LogP contribution in [0.2, 0.25) is 0 Å². The van der Waals surface area contributed by atoms with E-state index < -0.39 is 29.0 Å². The predicted molar refractivity (Wildman–Crippen MR) is 117 cm³/mol. The highest BCUT2D eigenvalue weighted by molar-refractivity contribution is 6.07. The van der Waals surface area contributed by atoms with Gasteiger partial charge >= 0.3 is 6.18 Å². The fraction of sp³-hybridized carbons (Fsp3) is 0.417. The maximum absolute atomic E-state index is 13.4. The van der Waals surface area contributed by atoms with E-state index in [4.69, 9.17) is 4.74 Å². The molecule has 0 aliphatic carbocycles. The quantitative estimate of drug-likeness (QED) is 0.671. The summed E-state index contributed by atoms with van der Waals surface area (Å²) in [4.78, 5) is 28.3. The van der Waals surface area contributed by atoms with Crippen molar-refractivity contribution in [3.05, 3.63) is 53.1 Å². The van der Waals surface area contributed by atoms with Gasteiger partial charge in [-0.3, -0.25) is 9.59 Å². The molecule has 0 radical (unpaired) electrons. The molecule has 0 spiro atoms. The zero-order valence-corrected chi connectivity index (χ0v) is 18.8. The maximum atomic E-state index is 13.4. The van der Waals surface area contributed by atoms with Gasteiger partial charge in [0, 0.05) is 24.0 Å².